The first-order chi connectivity index (χ1) is 61.1. The Morgan fingerprint density at radius 3 is 1.31 bits per heavy atom. The summed E-state index contributed by atoms with van der Waals surface area (Å²) in [4.78, 5) is 191. The Bertz CT molecular complexity index is 5830. The van der Waals surface area contributed by atoms with Gasteiger partial charge in [-0.2, -0.15) is 0 Å². The monoisotopic (exact) mass is 1790 g/mol. The Labute approximate surface area is 735 Å². The van der Waals surface area contributed by atoms with Crippen molar-refractivity contribution in [2.24, 2.45) is 22.3 Å². The highest BCUT2D eigenvalue weighted by molar-refractivity contribution is 7.91. The first-order valence-electron chi connectivity index (χ1n) is 42.3. The molecular weight excluding hydrogens is 1700 g/mol. The van der Waals surface area contributed by atoms with E-state index in [0.717, 1.165) is 131 Å². The number of nitro benzene ring substituents is 1. The third kappa shape index (κ3) is 19.9. The lowest BCUT2D eigenvalue weighted by atomic mass is 9.71. The van der Waals surface area contributed by atoms with Crippen molar-refractivity contribution in [1.29, 1.82) is 0 Å². The zero-order valence-electron chi connectivity index (χ0n) is 70.2. The van der Waals surface area contributed by atoms with Gasteiger partial charge in [-0.1, -0.05) is 0 Å². The van der Waals surface area contributed by atoms with Gasteiger partial charge in [-0.25, -0.2) is 46.4 Å². The van der Waals surface area contributed by atoms with Crippen molar-refractivity contribution in [2.45, 2.75) is 137 Å². The molecular formula is C86H97N21O19S2. The van der Waals surface area contributed by atoms with Gasteiger partial charge in [0.2, 0.25) is 23.6 Å². The number of nitro groups is 1. The molecule has 8 fully saturated rings. The van der Waals surface area contributed by atoms with Gasteiger partial charge in [-0.3, -0.25) is 78.5 Å². The number of likely N-dealkylation sites (tertiary alicyclic amines) is 1. The normalized spacial score (nSPS) is 20.9. The molecule has 4 atom stereocenters. The van der Waals surface area contributed by atoms with E-state index in [4.69, 9.17) is 16.2 Å². The topological polar surface area (TPSA) is 536 Å². The molecule has 4 unspecified atom stereocenters. The first kappa shape index (κ1) is 89.2. The van der Waals surface area contributed by atoms with E-state index in [9.17, 15) is 84.5 Å². The molecule has 10 aliphatic heterocycles. The Morgan fingerprint density at radius 2 is 0.906 bits per heavy atom. The number of benzene rings is 5. The molecule has 13 amide bonds. The standard InChI is InChI=1S/C40H46N10O8S.C24H25N7O7S.C22H26N4O4/c1-59(57,58)27-7-4-24(5-8-27)43-35-33(34(41)52)42-22-31(45-35)49-16-2-3-25(23-49)44-39(56)48-19-14-40(15-20-48)12-17-47(18-13-40)26-6-9-28-29(21-26)38(55)50(37(28)54)30-10-11-32(51)46-36(30)53;1-39(36,37)19-10-4-15(5-11-19)27-23-21(22(25)32)26-13-20(29-23)30-12-2-3-16(14-30)28-24(33)38-18-8-6-17(7-9-18)31(34)35;27-18-4-3-17(19(28)24-18)26-20(29)15-2-1-14(13-16(15)21(26)30)25-11-7-22(8-12-25)5-9-23-10-6-22/h4-9,21-22,25,30H,2-3,10-20,23H2,1H3,(H2,41,52)(H,43,45)(H,44,56)(H,46,51,53);4-11,13,16H,2-3,12,14H2,1H3,(H2,25,32)(H,27,29)(H,28,33);1-2,13,17,23H,3-12H2,(H,24,27,28). The van der Waals surface area contributed by atoms with Crippen LogP contribution in [-0.2, 0) is 38.9 Å². The van der Waals surface area contributed by atoms with Crippen molar-refractivity contribution in [3.8, 4) is 5.75 Å². The fraction of sp³-hybridized carbons (Fsp3) is 0.419. The average Bonchev–Trinajstić information content (AvgIpc) is 1.61. The molecule has 2 aromatic heterocycles. The number of nitrogens with zero attached hydrogens (tertiary/aromatic N) is 12. The number of imide groups is 4. The molecule has 0 bridgehead atoms. The van der Waals surface area contributed by atoms with Gasteiger partial charge in [0.1, 0.15) is 29.5 Å². The van der Waals surface area contributed by atoms with E-state index >= 15 is 0 Å². The number of hydrogen-bond donors (Lipinski definition) is 9. The van der Waals surface area contributed by atoms with Crippen LogP contribution in [-0.4, -0.2) is 243 Å². The zero-order valence-corrected chi connectivity index (χ0v) is 71.9. The average molecular weight is 1790 g/mol. The second kappa shape index (κ2) is 37.1. The minimum Gasteiger partial charge on any atom is -0.410 e. The molecule has 5 aromatic carbocycles. The van der Waals surface area contributed by atoms with Crippen molar-refractivity contribution in [2.75, 3.05) is 121 Å². The lowest BCUT2D eigenvalue weighted by Gasteiger charge is -2.47. The summed E-state index contributed by atoms with van der Waals surface area (Å²) in [5.41, 5.74) is 15.3. The van der Waals surface area contributed by atoms with Crippen molar-refractivity contribution in [3.63, 3.8) is 0 Å². The third-order valence-corrected chi connectivity index (χ3v) is 27.7. The number of sulfone groups is 2. The Morgan fingerprint density at radius 1 is 0.500 bits per heavy atom. The van der Waals surface area contributed by atoms with Crippen LogP contribution in [0.1, 0.15) is 165 Å². The van der Waals surface area contributed by atoms with Crippen LogP contribution < -0.4 is 73.0 Å². The summed E-state index contributed by atoms with van der Waals surface area (Å²) in [5, 5.41) is 30.7. The summed E-state index contributed by atoms with van der Waals surface area (Å²) in [6.07, 6.45) is 16.2. The number of non-ortho nitro benzene ring substituents is 1. The van der Waals surface area contributed by atoms with Crippen molar-refractivity contribution < 1.29 is 84.0 Å². The second-order valence-corrected chi connectivity index (χ2v) is 37.8. The van der Waals surface area contributed by atoms with Crippen LogP contribution in [0.15, 0.2) is 131 Å². The number of nitrogens with one attached hydrogen (secondary N) is 7. The quantitative estimate of drug-likeness (QED) is 0.0285. The number of aromatic nitrogens is 4. The number of fused-ring (bicyclic) bond motifs is 2. The molecule has 7 aromatic rings. The number of ether oxygens (including phenoxy) is 1. The number of urea groups is 1. The van der Waals surface area contributed by atoms with Gasteiger partial charge in [0, 0.05) is 138 Å². The number of carbonyl (C=O) groups is 12. The number of nitrogens with two attached hydrogens (primary N) is 2. The molecule has 12 heterocycles. The van der Waals surface area contributed by atoms with Gasteiger partial charge in [-0.05, 0) is 211 Å². The SMILES string of the molecule is CS(=O)(=O)c1ccc(Nc2nc(N3CCCC(NC(=O)N4CCC5(CC4)CCN(c4ccc6c(c4)C(=O)N(C4CCC(=O)NC4=O)C6=O)CC5)C3)cnc2C(N)=O)cc1.CS(=O)(=O)c1ccc(Nc2nc(N3CCCC(NC(=O)Oc4ccc([N+](=O)[O-])cc4)C3)cnc2C(N)=O)cc1.O=C1CCC(N2C(=O)c3ccc(N4CCC5(CCNCC5)CC4)cc3C2=O)C(=O)N1. The van der Waals surface area contributed by atoms with Crippen molar-refractivity contribution in [3.05, 3.63) is 165 Å². The molecule has 17 rings (SSSR count). The van der Waals surface area contributed by atoms with Crippen LogP contribution >= 0.6 is 0 Å². The lowest BCUT2D eigenvalue weighted by molar-refractivity contribution is -0.384. The van der Waals surface area contributed by atoms with Crippen molar-refractivity contribution in [1.82, 2.24) is 61.2 Å². The summed E-state index contributed by atoms with van der Waals surface area (Å²) in [6, 6.07) is 25.3. The minimum absolute atomic E-state index is 0.0613. The molecule has 0 saturated carbocycles. The molecule has 10 aliphatic rings. The summed E-state index contributed by atoms with van der Waals surface area (Å²) in [6.45, 7) is 9.00. The first-order valence-corrected chi connectivity index (χ1v) is 46.1. The highest BCUT2D eigenvalue weighted by Crippen LogP contribution is 2.45. The van der Waals surface area contributed by atoms with E-state index in [1.165, 1.54) is 85.9 Å². The Kier molecular flexibility index (Phi) is 25.9. The summed E-state index contributed by atoms with van der Waals surface area (Å²) < 4.78 is 52.4. The van der Waals surface area contributed by atoms with Gasteiger partial charge in [0.15, 0.2) is 42.7 Å². The van der Waals surface area contributed by atoms with Gasteiger partial charge in [0.05, 0.1) is 49.4 Å². The maximum atomic E-state index is 13.5. The summed E-state index contributed by atoms with van der Waals surface area (Å²) in [7, 11) is -6.76. The van der Waals surface area contributed by atoms with Crippen LogP contribution in [0.25, 0.3) is 0 Å². The number of piperidine rings is 8. The smallest absolute Gasteiger partial charge is 0.410 e. The van der Waals surface area contributed by atoms with Crippen LogP contribution in [0.3, 0.4) is 0 Å². The maximum absolute atomic E-state index is 13.5. The number of carbonyl (C=O) groups excluding carboxylic acids is 12. The molecule has 40 nitrogen and oxygen atoms in total. The lowest BCUT2D eigenvalue weighted by Crippen LogP contribution is -2.55. The molecule has 0 radical (unpaired) electrons. The largest absolute Gasteiger partial charge is 0.412 e. The number of anilines is 8. The second-order valence-electron chi connectivity index (χ2n) is 33.8. The minimum atomic E-state index is -3.38. The third-order valence-electron chi connectivity index (χ3n) is 25.5. The van der Waals surface area contributed by atoms with Crippen LogP contribution in [0.4, 0.5) is 61.3 Å². The van der Waals surface area contributed by atoms with E-state index in [1.54, 1.807) is 36.4 Å². The molecule has 11 N–H and O–H groups in total. The molecule has 128 heavy (non-hydrogen) atoms. The van der Waals surface area contributed by atoms with Gasteiger partial charge in [0.25, 0.3) is 41.1 Å². The zero-order chi connectivity index (χ0) is 90.7. The van der Waals surface area contributed by atoms with Gasteiger partial charge >= 0.3 is 12.1 Å². The van der Waals surface area contributed by atoms with Gasteiger partial charge < -0.3 is 67.3 Å². The fourth-order valence-electron chi connectivity index (χ4n) is 18.2. The van der Waals surface area contributed by atoms with E-state index in [-0.39, 0.29) is 110 Å². The number of primary amides is 2. The fourth-order valence-corrected chi connectivity index (χ4v) is 19.4. The highest BCUT2D eigenvalue weighted by Gasteiger charge is 2.48. The summed E-state index contributed by atoms with van der Waals surface area (Å²) >= 11 is 0. The Hall–Kier alpha value is -13.6. The molecule has 42 heteroatoms. The van der Waals surface area contributed by atoms with E-state index in [1.807, 2.05) is 26.8 Å². The maximum Gasteiger partial charge on any atom is 0.412 e. The Balaban J connectivity index is 0.000000158. The summed E-state index contributed by atoms with van der Waals surface area (Å²) in [5.74, 6) is -4.16. The molecule has 2 spiro atoms. The van der Waals surface area contributed by atoms with E-state index in [2.05, 4.69) is 67.0 Å². The van der Waals surface area contributed by atoms with E-state index < -0.39 is 95.9 Å². The number of amides is 13. The molecule has 8 saturated heterocycles. The number of rotatable bonds is 18. The number of hydrogen-bond acceptors (Lipinski definition) is 30. The van der Waals surface area contributed by atoms with Crippen molar-refractivity contribution >= 4 is 143 Å². The highest BCUT2D eigenvalue weighted by atomic mass is 32.2. The van der Waals surface area contributed by atoms with E-state index in [0.29, 0.717) is 85.2 Å². The predicted molar refractivity (Wildman–Crippen MR) is 465 cm³/mol. The molecule has 672 valence electrons. The molecule has 0 aliphatic carbocycles. The van der Waals surface area contributed by atoms with Gasteiger partial charge in [-0.15, -0.1) is 0 Å². The van der Waals surface area contributed by atoms with Crippen LogP contribution in [0.2, 0.25) is 0 Å². The van der Waals surface area contributed by atoms with Crippen LogP contribution in [0.5, 0.6) is 5.75 Å². The van der Waals surface area contributed by atoms with Crippen LogP contribution in [0, 0.1) is 20.9 Å². The predicted octanol–water partition coefficient (Wildman–Crippen LogP) is 5.63.